The third kappa shape index (κ3) is 4.05. The number of imide groups is 1. The molecule has 0 saturated carbocycles. The number of benzene rings is 1. The van der Waals surface area contributed by atoms with Crippen molar-refractivity contribution >= 4 is 29.7 Å². The summed E-state index contributed by atoms with van der Waals surface area (Å²) in [5.41, 5.74) is 1.97. The van der Waals surface area contributed by atoms with Gasteiger partial charge in [0.05, 0.1) is 6.54 Å². The fourth-order valence-electron chi connectivity index (χ4n) is 3.16. The molecule has 10 heteroatoms. The molecule has 2 aliphatic rings. The van der Waals surface area contributed by atoms with Crippen LogP contribution in [0.4, 0.5) is 4.79 Å². The van der Waals surface area contributed by atoms with Gasteiger partial charge in [-0.2, -0.15) is 0 Å². The topological polar surface area (TPSA) is 145 Å². The zero-order valence-electron chi connectivity index (χ0n) is 14.3. The number of hydrogen-bond donors (Lipinski definition) is 4. The Balaban J connectivity index is 1.63. The number of carboxylic acid groups (broad SMARTS) is 1. The first-order valence-corrected chi connectivity index (χ1v) is 8.35. The summed E-state index contributed by atoms with van der Waals surface area (Å²) >= 11 is 0. The number of rotatable bonds is 5. The van der Waals surface area contributed by atoms with Crippen LogP contribution in [0.5, 0.6) is 0 Å². The maximum atomic E-state index is 12.6. The summed E-state index contributed by atoms with van der Waals surface area (Å²) in [4.78, 5) is 59.3. The standard InChI is InChI=1S/C17H18N4O6/c22-13-4-3-12(15(24)20-13)21-8-10-5-9(1-2-11(10)16(21)25)6-18-14(23)7-19-17(26)27/h1-2,5,12,19H,3-4,6-8H2,(H,18,23)(H,26,27)(H,20,22,24). The molecule has 2 aliphatic heterocycles. The molecule has 1 aromatic rings. The Morgan fingerprint density at radius 3 is 2.70 bits per heavy atom. The number of nitrogens with zero attached hydrogens (tertiary/aromatic N) is 1. The quantitative estimate of drug-likeness (QED) is 0.503. The molecule has 10 nitrogen and oxygen atoms in total. The Morgan fingerprint density at radius 1 is 1.22 bits per heavy atom. The molecule has 0 aliphatic carbocycles. The van der Waals surface area contributed by atoms with E-state index in [1.165, 1.54) is 4.90 Å². The molecule has 0 spiro atoms. The first-order valence-electron chi connectivity index (χ1n) is 8.35. The summed E-state index contributed by atoms with van der Waals surface area (Å²) in [6.07, 6.45) is -0.794. The maximum Gasteiger partial charge on any atom is 0.405 e. The van der Waals surface area contributed by atoms with Gasteiger partial charge in [0.2, 0.25) is 17.7 Å². The molecule has 1 atom stereocenters. The Morgan fingerprint density at radius 2 is 2.00 bits per heavy atom. The van der Waals surface area contributed by atoms with Crippen LogP contribution in [0.2, 0.25) is 0 Å². The van der Waals surface area contributed by atoms with Gasteiger partial charge in [-0.05, 0) is 23.6 Å². The highest BCUT2D eigenvalue weighted by molar-refractivity contribution is 6.05. The number of amides is 5. The van der Waals surface area contributed by atoms with Crippen molar-refractivity contribution in [2.75, 3.05) is 6.54 Å². The number of carbonyl (C=O) groups is 5. The van der Waals surface area contributed by atoms with E-state index in [2.05, 4.69) is 10.6 Å². The van der Waals surface area contributed by atoms with Crippen LogP contribution in [0.25, 0.3) is 0 Å². The van der Waals surface area contributed by atoms with Crippen molar-refractivity contribution in [3.05, 3.63) is 34.9 Å². The van der Waals surface area contributed by atoms with Gasteiger partial charge in [0.1, 0.15) is 6.04 Å². The van der Waals surface area contributed by atoms with Crippen molar-refractivity contribution in [1.29, 1.82) is 0 Å². The summed E-state index contributed by atoms with van der Waals surface area (Å²) < 4.78 is 0. The van der Waals surface area contributed by atoms with E-state index in [0.717, 1.165) is 11.1 Å². The van der Waals surface area contributed by atoms with Crippen LogP contribution in [0.1, 0.15) is 34.3 Å². The van der Waals surface area contributed by atoms with E-state index >= 15 is 0 Å². The van der Waals surface area contributed by atoms with E-state index in [0.29, 0.717) is 12.0 Å². The average Bonchev–Trinajstić information content (AvgIpc) is 2.94. The van der Waals surface area contributed by atoms with Gasteiger partial charge in [-0.25, -0.2) is 4.79 Å². The third-order valence-electron chi connectivity index (χ3n) is 4.48. The van der Waals surface area contributed by atoms with Gasteiger partial charge >= 0.3 is 6.09 Å². The van der Waals surface area contributed by atoms with Crippen LogP contribution in [-0.4, -0.2) is 52.3 Å². The number of hydrogen-bond acceptors (Lipinski definition) is 5. The molecule has 0 radical (unpaired) electrons. The second-order valence-corrected chi connectivity index (χ2v) is 6.33. The van der Waals surface area contributed by atoms with Crippen molar-refractivity contribution in [3.63, 3.8) is 0 Å². The average molecular weight is 374 g/mol. The fourth-order valence-corrected chi connectivity index (χ4v) is 3.16. The fraction of sp³-hybridized carbons (Fsp3) is 0.353. The zero-order valence-corrected chi connectivity index (χ0v) is 14.3. The molecule has 2 heterocycles. The van der Waals surface area contributed by atoms with Gasteiger partial charge in [-0.1, -0.05) is 12.1 Å². The van der Waals surface area contributed by atoms with Gasteiger partial charge in [-0.15, -0.1) is 0 Å². The van der Waals surface area contributed by atoms with Gasteiger partial charge in [0.15, 0.2) is 0 Å². The van der Waals surface area contributed by atoms with Crippen molar-refractivity contribution in [3.8, 4) is 0 Å². The first kappa shape index (κ1) is 18.4. The smallest absolute Gasteiger partial charge is 0.405 e. The number of nitrogens with one attached hydrogen (secondary N) is 3. The molecule has 1 unspecified atom stereocenters. The Hall–Kier alpha value is -3.43. The van der Waals surface area contributed by atoms with Crippen LogP contribution in [0.3, 0.4) is 0 Å². The number of piperidine rings is 1. The summed E-state index contributed by atoms with van der Waals surface area (Å²) in [7, 11) is 0. The highest BCUT2D eigenvalue weighted by Crippen LogP contribution is 2.28. The Bertz CT molecular complexity index is 837. The van der Waals surface area contributed by atoms with E-state index in [9.17, 15) is 24.0 Å². The van der Waals surface area contributed by atoms with Gasteiger partial charge in [0.25, 0.3) is 5.91 Å². The summed E-state index contributed by atoms with van der Waals surface area (Å²) in [5.74, 6) is -1.54. The zero-order chi connectivity index (χ0) is 19.6. The maximum absolute atomic E-state index is 12.6. The monoisotopic (exact) mass is 374 g/mol. The number of carbonyl (C=O) groups excluding carboxylic acids is 4. The SMILES string of the molecule is O=C(O)NCC(=O)NCc1ccc2c(c1)CN(C1CCC(=O)NC1=O)C2=O. The lowest BCUT2D eigenvalue weighted by Crippen LogP contribution is -2.52. The molecule has 3 rings (SSSR count). The predicted octanol–water partition coefficient (Wildman–Crippen LogP) is -0.669. The van der Waals surface area contributed by atoms with E-state index in [4.69, 9.17) is 5.11 Å². The van der Waals surface area contributed by atoms with Crippen LogP contribution < -0.4 is 16.0 Å². The van der Waals surface area contributed by atoms with E-state index in [-0.39, 0.29) is 37.9 Å². The van der Waals surface area contributed by atoms with Crippen molar-refractivity contribution in [2.45, 2.75) is 32.0 Å². The van der Waals surface area contributed by atoms with Crippen LogP contribution >= 0.6 is 0 Å². The van der Waals surface area contributed by atoms with Crippen molar-refractivity contribution < 1.29 is 29.1 Å². The lowest BCUT2D eigenvalue weighted by Gasteiger charge is -2.29. The van der Waals surface area contributed by atoms with Crippen molar-refractivity contribution in [2.24, 2.45) is 0 Å². The highest BCUT2D eigenvalue weighted by Gasteiger charge is 2.38. The minimum atomic E-state index is -1.28. The van der Waals surface area contributed by atoms with Gasteiger partial charge in [0, 0.05) is 25.1 Å². The number of fused-ring (bicyclic) bond motifs is 1. The Kier molecular flexibility index (Phi) is 5.06. The van der Waals surface area contributed by atoms with Crippen LogP contribution in [0.15, 0.2) is 18.2 Å². The minimum Gasteiger partial charge on any atom is -0.465 e. The third-order valence-corrected chi connectivity index (χ3v) is 4.48. The molecule has 142 valence electrons. The summed E-state index contributed by atoms with van der Waals surface area (Å²) in [5, 5.41) is 15.3. The molecule has 1 fully saturated rings. The molecule has 4 N–H and O–H groups in total. The van der Waals surface area contributed by atoms with Crippen LogP contribution in [-0.2, 0) is 27.5 Å². The summed E-state index contributed by atoms with van der Waals surface area (Å²) in [6, 6.07) is 4.42. The molecule has 0 aromatic heterocycles. The highest BCUT2D eigenvalue weighted by atomic mass is 16.4. The lowest BCUT2D eigenvalue weighted by atomic mass is 10.0. The van der Waals surface area contributed by atoms with E-state index < -0.39 is 23.9 Å². The normalized spacial score (nSPS) is 18.7. The molecular weight excluding hydrogens is 356 g/mol. The minimum absolute atomic E-state index is 0.181. The van der Waals surface area contributed by atoms with E-state index in [1.54, 1.807) is 18.2 Å². The summed E-state index contributed by atoms with van der Waals surface area (Å²) in [6.45, 7) is 0.0882. The Labute approximate surface area is 153 Å². The second-order valence-electron chi connectivity index (χ2n) is 6.33. The molecule has 1 saturated heterocycles. The predicted molar refractivity (Wildman–Crippen MR) is 90.4 cm³/mol. The van der Waals surface area contributed by atoms with Crippen molar-refractivity contribution in [1.82, 2.24) is 20.9 Å². The van der Waals surface area contributed by atoms with Crippen LogP contribution in [0, 0.1) is 0 Å². The second kappa shape index (κ2) is 7.44. The van der Waals surface area contributed by atoms with Gasteiger partial charge in [-0.3, -0.25) is 24.5 Å². The molecule has 0 bridgehead atoms. The lowest BCUT2D eigenvalue weighted by molar-refractivity contribution is -0.137. The van der Waals surface area contributed by atoms with Gasteiger partial charge < -0.3 is 20.6 Å². The molecule has 1 aromatic carbocycles. The molecule has 5 amide bonds. The first-order chi connectivity index (χ1) is 12.8. The molecule has 27 heavy (non-hydrogen) atoms. The van der Waals surface area contributed by atoms with E-state index in [1.807, 2.05) is 5.32 Å². The largest absolute Gasteiger partial charge is 0.465 e. The molecular formula is C17H18N4O6.